The normalized spacial score (nSPS) is 12.2. The van der Waals surface area contributed by atoms with Gasteiger partial charge in [-0.2, -0.15) is 0 Å². The monoisotopic (exact) mass is 501 g/mol. The fourth-order valence-electron chi connectivity index (χ4n) is 4.22. The molecule has 1 aromatic heterocycles. The van der Waals surface area contributed by atoms with Gasteiger partial charge in [-0.25, -0.2) is 0 Å². The van der Waals surface area contributed by atoms with Crippen molar-refractivity contribution < 1.29 is 0 Å². The predicted molar refractivity (Wildman–Crippen MR) is 137 cm³/mol. The third-order valence-corrected chi connectivity index (χ3v) is 8.39. The van der Waals surface area contributed by atoms with Gasteiger partial charge in [0.05, 0.1) is 0 Å². The molecule has 0 amide bonds. The van der Waals surface area contributed by atoms with Gasteiger partial charge in [-0.3, -0.25) is 0 Å². The van der Waals surface area contributed by atoms with E-state index in [4.69, 9.17) is 11.6 Å². The third kappa shape index (κ3) is 4.69. The number of hydrogen-bond donors (Lipinski definition) is 0. The predicted octanol–water partition coefficient (Wildman–Crippen LogP) is 6.92. The van der Waals surface area contributed by atoms with Crippen LogP contribution in [0.2, 0.25) is 10.3 Å². The summed E-state index contributed by atoms with van der Waals surface area (Å²) in [5.41, 5.74) is 5.33. The standard InChI is InChI=1S/C29H24ClNSe/c30-24-17-15-23(16-18-24)28(21-32-25-11-5-2-6-12-25)27-20-31(19-22-9-3-1-4-10-22)29-14-8-7-13-26(27)29/h1-18,20,28H,19,21H2. The molecule has 5 aromatic rings. The van der Waals surface area contributed by atoms with E-state index in [0.717, 1.165) is 16.9 Å². The Morgan fingerprint density at radius 3 is 2.12 bits per heavy atom. The quantitative estimate of drug-likeness (QED) is 0.214. The molecule has 0 saturated heterocycles. The van der Waals surface area contributed by atoms with E-state index in [9.17, 15) is 0 Å². The first-order valence-electron chi connectivity index (χ1n) is 10.8. The average Bonchev–Trinajstić information content (AvgIpc) is 3.20. The SMILES string of the molecule is Clc1ccc(C(C[Se]c2ccccc2)c2cn(Cc3ccccc3)c3ccccc23)cc1. The van der Waals surface area contributed by atoms with Gasteiger partial charge in [0.15, 0.2) is 0 Å². The van der Waals surface area contributed by atoms with Gasteiger partial charge in [0.2, 0.25) is 0 Å². The molecule has 1 atom stereocenters. The van der Waals surface area contributed by atoms with E-state index in [1.54, 1.807) is 0 Å². The first-order chi connectivity index (χ1) is 15.8. The topological polar surface area (TPSA) is 4.93 Å². The van der Waals surface area contributed by atoms with Gasteiger partial charge in [0.25, 0.3) is 0 Å². The van der Waals surface area contributed by atoms with Crippen LogP contribution in [0.1, 0.15) is 22.6 Å². The zero-order chi connectivity index (χ0) is 21.8. The fourth-order valence-corrected chi connectivity index (χ4v) is 6.61. The molecule has 0 radical (unpaired) electrons. The van der Waals surface area contributed by atoms with E-state index in [1.807, 2.05) is 12.1 Å². The van der Waals surface area contributed by atoms with Gasteiger partial charge in [0, 0.05) is 0 Å². The number of nitrogens with zero attached hydrogens (tertiary/aromatic N) is 1. The van der Waals surface area contributed by atoms with E-state index in [2.05, 4.69) is 108 Å². The maximum absolute atomic E-state index is 6.22. The Morgan fingerprint density at radius 1 is 0.719 bits per heavy atom. The number of benzene rings is 4. The molecule has 1 unspecified atom stereocenters. The molecule has 4 aromatic carbocycles. The molecular formula is C29H24ClNSe. The second-order valence-corrected chi connectivity index (χ2v) is 10.7. The van der Waals surface area contributed by atoms with Crippen LogP contribution in [0.5, 0.6) is 0 Å². The van der Waals surface area contributed by atoms with E-state index in [1.165, 1.54) is 32.1 Å². The maximum atomic E-state index is 6.22. The Labute approximate surface area is 200 Å². The van der Waals surface area contributed by atoms with E-state index in [-0.39, 0.29) is 0 Å². The van der Waals surface area contributed by atoms with Gasteiger partial charge in [-0.15, -0.1) is 0 Å². The first kappa shape index (κ1) is 21.1. The molecule has 5 rings (SSSR count). The molecule has 32 heavy (non-hydrogen) atoms. The van der Waals surface area contributed by atoms with Crippen LogP contribution in [-0.4, -0.2) is 19.5 Å². The van der Waals surface area contributed by atoms with Gasteiger partial charge in [-0.1, -0.05) is 0 Å². The summed E-state index contributed by atoms with van der Waals surface area (Å²) >= 11 is 6.61. The second-order valence-electron chi connectivity index (χ2n) is 7.94. The summed E-state index contributed by atoms with van der Waals surface area (Å²) < 4.78 is 3.84. The van der Waals surface area contributed by atoms with E-state index >= 15 is 0 Å². The number of fused-ring (bicyclic) bond motifs is 1. The molecule has 158 valence electrons. The Morgan fingerprint density at radius 2 is 1.38 bits per heavy atom. The molecule has 0 N–H and O–H groups in total. The van der Waals surface area contributed by atoms with Crippen molar-refractivity contribution in [2.24, 2.45) is 0 Å². The molecule has 0 aliphatic carbocycles. The minimum atomic E-state index is 0.328. The molecule has 0 spiro atoms. The van der Waals surface area contributed by atoms with Crippen LogP contribution in [0.15, 0.2) is 115 Å². The summed E-state index contributed by atoms with van der Waals surface area (Å²) in [6.45, 7) is 0.874. The van der Waals surface area contributed by atoms with Crippen LogP contribution < -0.4 is 4.46 Å². The van der Waals surface area contributed by atoms with Crippen molar-refractivity contribution in [2.45, 2.75) is 17.8 Å². The molecule has 1 heterocycles. The minimum absolute atomic E-state index is 0.328. The number of para-hydroxylation sites is 1. The zero-order valence-corrected chi connectivity index (χ0v) is 20.2. The Kier molecular flexibility index (Phi) is 6.46. The Bertz CT molecular complexity index is 1290. The van der Waals surface area contributed by atoms with E-state index in [0.29, 0.717) is 20.9 Å². The van der Waals surface area contributed by atoms with Crippen LogP contribution >= 0.6 is 11.6 Å². The van der Waals surface area contributed by atoms with Crippen molar-refractivity contribution >= 4 is 41.9 Å². The average molecular weight is 501 g/mol. The van der Waals surface area contributed by atoms with Crippen LogP contribution in [-0.2, 0) is 6.54 Å². The van der Waals surface area contributed by atoms with Crippen LogP contribution in [0.3, 0.4) is 0 Å². The molecular weight excluding hydrogens is 477 g/mol. The molecule has 3 heteroatoms. The number of aromatic nitrogens is 1. The van der Waals surface area contributed by atoms with E-state index < -0.39 is 0 Å². The van der Waals surface area contributed by atoms with Gasteiger partial charge in [-0.05, 0) is 0 Å². The molecule has 0 fully saturated rings. The van der Waals surface area contributed by atoms with Crippen molar-refractivity contribution in [3.63, 3.8) is 0 Å². The van der Waals surface area contributed by atoms with Crippen LogP contribution in [0.25, 0.3) is 10.9 Å². The first-order valence-corrected chi connectivity index (χ1v) is 13.3. The Balaban J connectivity index is 1.57. The number of halogens is 1. The van der Waals surface area contributed by atoms with Crippen molar-refractivity contribution in [1.82, 2.24) is 4.57 Å². The molecule has 0 aliphatic rings. The summed E-state index contributed by atoms with van der Waals surface area (Å²) in [6.07, 6.45) is 2.37. The number of hydrogen-bond acceptors (Lipinski definition) is 0. The zero-order valence-electron chi connectivity index (χ0n) is 17.7. The summed E-state index contributed by atoms with van der Waals surface area (Å²) in [5.74, 6) is 0.328. The molecule has 1 nitrogen and oxygen atoms in total. The fraction of sp³-hybridized carbons (Fsp3) is 0.103. The molecule has 0 bridgehead atoms. The molecule has 0 aliphatic heterocycles. The third-order valence-electron chi connectivity index (χ3n) is 5.82. The van der Waals surface area contributed by atoms with Crippen LogP contribution in [0.4, 0.5) is 0 Å². The van der Waals surface area contributed by atoms with Gasteiger partial charge < -0.3 is 0 Å². The second kappa shape index (κ2) is 9.79. The van der Waals surface area contributed by atoms with Crippen molar-refractivity contribution in [1.29, 1.82) is 0 Å². The Hall–Kier alpha value is -2.77. The van der Waals surface area contributed by atoms with Gasteiger partial charge >= 0.3 is 201 Å². The van der Waals surface area contributed by atoms with Crippen LogP contribution in [0, 0.1) is 0 Å². The number of rotatable bonds is 7. The van der Waals surface area contributed by atoms with Gasteiger partial charge in [0.1, 0.15) is 0 Å². The summed E-state index contributed by atoms with van der Waals surface area (Å²) in [4.78, 5) is 0. The summed E-state index contributed by atoms with van der Waals surface area (Å²) in [5, 5.41) is 3.23. The summed E-state index contributed by atoms with van der Waals surface area (Å²) in [7, 11) is 0. The summed E-state index contributed by atoms with van der Waals surface area (Å²) in [6, 6.07) is 38.8. The van der Waals surface area contributed by atoms with Crippen molar-refractivity contribution in [3.8, 4) is 0 Å². The van der Waals surface area contributed by atoms with Crippen molar-refractivity contribution in [3.05, 3.63) is 137 Å². The van der Waals surface area contributed by atoms with Crippen molar-refractivity contribution in [2.75, 3.05) is 0 Å². The molecule has 0 saturated carbocycles.